The Morgan fingerprint density at radius 2 is 2.09 bits per heavy atom. The maximum absolute atomic E-state index is 12.3. The van der Waals surface area contributed by atoms with Crippen molar-refractivity contribution in [1.82, 2.24) is 19.8 Å². The molecule has 7 nitrogen and oxygen atoms in total. The van der Waals surface area contributed by atoms with E-state index in [1.54, 1.807) is 12.4 Å². The molecule has 0 spiro atoms. The molecule has 2 aliphatic rings. The lowest BCUT2D eigenvalue weighted by Crippen LogP contribution is -2.51. The van der Waals surface area contributed by atoms with E-state index in [1.807, 2.05) is 30.0 Å². The summed E-state index contributed by atoms with van der Waals surface area (Å²) in [7, 11) is 3.84. The molecule has 0 unspecified atom stereocenters. The molecule has 1 amide bonds. The number of piperidine rings is 1. The molecule has 3 heterocycles. The van der Waals surface area contributed by atoms with Crippen LogP contribution < -0.4 is 4.90 Å². The number of rotatable bonds is 3. The molecule has 0 radical (unpaired) electrons. The molecule has 0 aromatic carbocycles. The smallest absolute Gasteiger partial charge is 0.236 e. The molecule has 1 aromatic rings. The highest BCUT2D eigenvalue weighted by atomic mass is 16.5. The van der Waals surface area contributed by atoms with Gasteiger partial charge >= 0.3 is 0 Å². The fourth-order valence-corrected chi connectivity index (χ4v) is 3.28. The number of likely N-dealkylation sites (N-methyl/N-ethyl adjacent to an activating group) is 1. The van der Waals surface area contributed by atoms with Gasteiger partial charge in [0.2, 0.25) is 11.9 Å². The third-order valence-electron chi connectivity index (χ3n) is 4.48. The van der Waals surface area contributed by atoms with Crippen LogP contribution in [0.1, 0.15) is 6.42 Å². The molecular formula is C16H25N5O2. The van der Waals surface area contributed by atoms with E-state index >= 15 is 0 Å². The highest BCUT2D eigenvalue weighted by Crippen LogP contribution is 2.25. The zero-order valence-corrected chi connectivity index (χ0v) is 13.9. The molecule has 0 N–H and O–H groups in total. The van der Waals surface area contributed by atoms with Gasteiger partial charge in [0, 0.05) is 44.5 Å². The van der Waals surface area contributed by atoms with Crippen LogP contribution in [0.5, 0.6) is 0 Å². The molecular weight excluding hydrogens is 294 g/mol. The molecule has 2 saturated heterocycles. The Morgan fingerprint density at radius 3 is 2.83 bits per heavy atom. The van der Waals surface area contributed by atoms with E-state index < -0.39 is 0 Å². The lowest BCUT2D eigenvalue weighted by molar-refractivity contribution is -0.137. The number of ether oxygens (including phenoxy) is 1. The summed E-state index contributed by atoms with van der Waals surface area (Å²) in [6, 6.07) is 1.83. The first kappa shape index (κ1) is 16.1. The van der Waals surface area contributed by atoms with Gasteiger partial charge in [-0.25, -0.2) is 9.97 Å². The van der Waals surface area contributed by atoms with Gasteiger partial charge in [0.15, 0.2) is 0 Å². The molecule has 7 heteroatoms. The molecule has 1 aromatic heterocycles. The van der Waals surface area contributed by atoms with E-state index in [1.165, 1.54) is 0 Å². The minimum atomic E-state index is 0.114. The van der Waals surface area contributed by atoms with Crippen molar-refractivity contribution in [2.45, 2.75) is 12.5 Å². The number of aromatic nitrogens is 2. The van der Waals surface area contributed by atoms with Crippen LogP contribution in [0.15, 0.2) is 18.5 Å². The molecule has 0 saturated carbocycles. The van der Waals surface area contributed by atoms with E-state index in [0.29, 0.717) is 25.6 Å². The number of hydrogen-bond acceptors (Lipinski definition) is 6. The van der Waals surface area contributed by atoms with Crippen LogP contribution in [-0.4, -0.2) is 85.2 Å². The summed E-state index contributed by atoms with van der Waals surface area (Å²) in [5, 5.41) is 0. The van der Waals surface area contributed by atoms with Gasteiger partial charge in [0.1, 0.15) is 0 Å². The van der Waals surface area contributed by atoms with Crippen molar-refractivity contribution in [3.05, 3.63) is 18.5 Å². The normalized spacial score (nSPS) is 25.2. The SMILES string of the molecule is CN(C)CC(=O)N1CC[C@H]2CN(c3ncccn3)CCO[C@H]2C1. The molecule has 0 aliphatic carbocycles. The van der Waals surface area contributed by atoms with Gasteiger partial charge in [0.25, 0.3) is 0 Å². The molecule has 3 rings (SSSR count). The lowest BCUT2D eigenvalue weighted by Gasteiger charge is -2.38. The Kier molecular flexibility index (Phi) is 5.07. The third-order valence-corrected chi connectivity index (χ3v) is 4.48. The van der Waals surface area contributed by atoms with Gasteiger partial charge < -0.3 is 19.4 Å². The second-order valence-electron chi connectivity index (χ2n) is 6.53. The molecule has 2 fully saturated rings. The third kappa shape index (κ3) is 3.97. The van der Waals surface area contributed by atoms with Crippen LogP contribution in [0.4, 0.5) is 5.95 Å². The summed E-state index contributed by atoms with van der Waals surface area (Å²) >= 11 is 0. The quantitative estimate of drug-likeness (QED) is 0.787. The van der Waals surface area contributed by atoms with E-state index in [9.17, 15) is 4.79 Å². The Hall–Kier alpha value is -1.73. The molecule has 0 bridgehead atoms. The highest BCUT2D eigenvalue weighted by Gasteiger charge is 2.35. The number of hydrogen-bond donors (Lipinski definition) is 0. The summed E-state index contributed by atoms with van der Waals surface area (Å²) in [6.07, 6.45) is 4.62. The maximum atomic E-state index is 12.3. The van der Waals surface area contributed by atoms with Crippen LogP contribution in [0.2, 0.25) is 0 Å². The predicted octanol–water partition coefficient (Wildman–Crippen LogP) is 0.0919. The first-order chi connectivity index (χ1) is 11.1. The monoisotopic (exact) mass is 319 g/mol. The average molecular weight is 319 g/mol. The van der Waals surface area contributed by atoms with Crippen LogP contribution >= 0.6 is 0 Å². The van der Waals surface area contributed by atoms with Gasteiger partial charge in [-0.05, 0) is 26.6 Å². The average Bonchev–Trinajstić information content (AvgIpc) is 2.76. The van der Waals surface area contributed by atoms with Gasteiger partial charge in [0.05, 0.1) is 19.3 Å². The van der Waals surface area contributed by atoms with E-state index in [0.717, 1.165) is 32.0 Å². The topological polar surface area (TPSA) is 61.8 Å². The number of amides is 1. The second kappa shape index (κ2) is 7.23. The number of likely N-dealkylation sites (tertiary alicyclic amines) is 1. The molecule has 2 atom stereocenters. The summed E-state index contributed by atoms with van der Waals surface area (Å²) in [5.74, 6) is 1.37. The standard InChI is InChI=1S/C16H25N5O2/c1-19(2)12-15(22)20-7-4-13-10-21(8-9-23-14(13)11-20)16-17-5-3-6-18-16/h3,5-6,13-14H,4,7-12H2,1-2H3/t13-,14-/m0/s1. The molecule has 23 heavy (non-hydrogen) atoms. The van der Waals surface area contributed by atoms with Crippen molar-refractivity contribution in [2.75, 3.05) is 58.3 Å². The molecule has 2 aliphatic heterocycles. The minimum absolute atomic E-state index is 0.114. The van der Waals surface area contributed by atoms with Gasteiger partial charge in [-0.1, -0.05) is 0 Å². The maximum Gasteiger partial charge on any atom is 0.236 e. The number of anilines is 1. The largest absolute Gasteiger partial charge is 0.374 e. The summed E-state index contributed by atoms with van der Waals surface area (Å²) in [6.45, 7) is 4.30. The molecule has 126 valence electrons. The van der Waals surface area contributed by atoms with E-state index in [2.05, 4.69) is 14.9 Å². The van der Waals surface area contributed by atoms with E-state index in [4.69, 9.17) is 4.74 Å². The van der Waals surface area contributed by atoms with E-state index in [-0.39, 0.29) is 12.0 Å². The summed E-state index contributed by atoms with van der Waals surface area (Å²) in [4.78, 5) is 27.0. The Morgan fingerprint density at radius 1 is 1.30 bits per heavy atom. The Bertz CT molecular complexity index is 524. The minimum Gasteiger partial charge on any atom is -0.374 e. The van der Waals surface area contributed by atoms with Crippen molar-refractivity contribution >= 4 is 11.9 Å². The van der Waals surface area contributed by atoms with Crippen LogP contribution in [0, 0.1) is 5.92 Å². The van der Waals surface area contributed by atoms with Crippen LogP contribution in [0.3, 0.4) is 0 Å². The van der Waals surface area contributed by atoms with Crippen molar-refractivity contribution in [3.63, 3.8) is 0 Å². The number of carbonyl (C=O) groups excluding carboxylic acids is 1. The van der Waals surface area contributed by atoms with Crippen LogP contribution in [0.25, 0.3) is 0 Å². The number of nitrogens with zero attached hydrogens (tertiary/aromatic N) is 5. The number of carbonyl (C=O) groups is 1. The van der Waals surface area contributed by atoms with Crippen molar-refractivity contribution in [3.8, 4) is 0 Å². The number of fused-ring (bicyclic) bond motifs is 1. The fraction of sp³-hybridized carbons (Fsp3) is 0.688. The predicted molar refractivity (Wildman–Crippen MR) is 87.2 cm³/mol. The zero-order valence-electron chi connectivity index (χ0n) is 13.9. The van der Waals surface area contributed by atoms with Crippen molar-refractivity contribution in [1.29, 1.82) is 0 Å². The van der Waals surface area contributed by atoms with Gasteiger partial charge in [-0.15, -0.1) is 0 Å². The summed E-state index contributed by atoms with van der Waals surface area (Å²) in [5.41, 5.74) is 0. The first-order valence-corrected chi connectivity index (χ1v) is 8.19. The summed E-state index contributed by atoms with van der Waals surface area (Å²) < 4.78 is 6.04. The van der Waals surface area contributed by atoms with Crippen molar-refractivity contribution < 1.29 is 9.53 Å². The van der Waals surface area contributed by atoms with Gasteiger partial charge in [-0.2, -0.15) is 0 Å². The van der Waals surface area contributed by atoms with Gasteiger partial charge in [-0.3, -0.25) is 4.79 Å². The van der Waals surface area contributed by atoms with Crippen molar-refractivity contribution in [2.24, 2.45) is 5.92 Å². The van der Waals surface area contributed by atoms with Crippen LogP contribution in [-0.2, 0) is 9.53 Å². The fourth-order valence-electron chi connectivity index (χ4n) is 3.28. The second-order valence-corrected chi connectivity index (χ2v) is 6.53. The lowest BCUT2D eigenvalue weighted by atomic mass is 9.93. The first-order valence-electron chi connectivity index (χ1n) is 8.19. The highest BCUT2D eigenvalue weighted by molar-refractivity contribution is 5.78. The zero-order chi connectivity index (χ0) is 16.2. The Balaban J connectivity index is 1.62. The Labute approximate surface area is 137 Å².